The zero-order chi connectivity index (χ0) is 18.5. The van der Waals surface area contributed by atoms with Crippen LogP contribution in [-0.2, 0) is 10.3 Å². The molecule has 2 N–H and O–H groups in total. The van der Waals surface area contributed by atoms with Gasteiger partial charge in [-0.15, -0.1) is 5.10 Å². The molecule has 0 amide bonds. The number of aryl methyl sites for hydroxylation is 2. The number of benzene rings is 1. The Labute approximate surface area is 150 Å². The van der Waals surface area contributed by atoms with E-state index in [1.807, 2.05) is 26.8 Å². The van der Waals surface area contributed by atoms with Gasteiger partial charge in [-0.05, 0) is 57.2 Å². The lowest BCUT2D eigenvalue weighted by Crippen LogP contribution is -2.34. The Morgan fingerprint density at radius 2 is 2.12 bits per heavy atom. The van der Waals surface area contributed by atoms with Crippen molar-refractivity contribution >= 4 is 11.0 Å². The molecule has 0 aliphatic carbocycles. The van der Waals surface area contributed by atoms with Gasteiger partial charge in [-0.1, -0.05) is 6.07 Å². The fourth-order valence-electron chi connectivity index (χ4n) is 3.64. The van der Waals surface area contributed by atoms with Crippen LogP contribution in [0.5, 0.6) is 5.75 Å². The molecule has 1 aromatic carbocycles. The third-order valence-electron chi connectivity index (χ3n) is 5.01. The van der Waals surface area contributed by atoms with Crippen LogP contribution in [0.4, 0.5) is 0 Å². The predicted octanol–water partition coefficient (Wildman–Crippen LogP) is 2.85. The highest BCUT2D eigenvalue weighted by atomic mass is 16.5. The fraction of sp³-hybridized carbons (Fsp3) is 0.421. The van der Waals surface area contributed by atoms with Gasteiger partial charge >= 0.3 is 0 Å². The summed E-state index contributed by atoms with van der Waals surface area (Å²) in [6.07, 6.45) is 4.46. The monoisotopic (exact) mass is 354 g/mol. The van der Waals surface area contributed by atoms with E-state index in [9.17, 15) is 9.90 Å². The number of fused-ring (bicyclic) bond motifs is 1. The quantitative estimate of drug-likeness (QED) is 0.738. The van der Waals surface area contributed by atoms with Crippen LogP contribution in [0.1, 0.15) is 43.1 Å². The minimum Gasteiger partial charge on any atom is -0.506 e. The standard InChI is InChI=1S/C19H22N4O3/c1-11-8-12(2)15(14(24)9-11)23-10-13-16(22-23)20-18(21-17(13)25)19(3)6-4-5-7-26-19/h8-10,24H,4-7H2,1-3H3,(H,20,21,22,25). The van der Waals surface area contributed by atoms with Crippen LogP contribution in [-0.4, -0.2) is 31.5 Å². The number of ether oxygens (including phenoxy) is 1. The summed E-state index contributed by atoms with van der Waals surface area (Å²) in [5.41, 5.74) is 1.87. The second-order valence-corrected chi connectivity index (χ2v) is 7.21. The smallest absolute Gasteiger partial charge is 0.262 e. The van der Waals surface area contributed by atoms with E-state index in [1.54, 1.807) is 12.3 Å². The molecule has 7 heteroatoms. The highest BCUT2D eigenvalue weighted by molar-refractivity contribution is 5.74. The van der Waals surface area contributed by atoms with Gasteiger partial charge in [0.1, 0.15) is 28.2 Å². The van der Waals surface area contributed by atoms with Crippen molar-refractivity contribution in [1.29, 1.82) is 0 Å². The summed E-state index contributed by atoms with van der Waals surface area (Å²) >= 11 is 0. The lowest BCUT2D eigenvalue weighted by molar-refractivity contribution is -0.0759. The molecule has 0 radical (unpaired) electrons. The van der Waals surface area contributed by atoms with E-state index in [4.69, 9.17) is 4.74 Å². The molecule has 0 bridgehead atoms. The van der Waals surface area contributed by atoms with E-state index in [0.29, 0.717) is 29.2 Å². The van der Waals surface area contributed by atoms with Crippen molar-refractivity contribution in [3.63, 3.8) is 0 Å². The third kappa shape index (κ3) is 2.68. The molecule has 1 atom stereocenters. The van der Waals surface area contributed by atoms with Crippen LogP contribution in [0.15, 0.2) is 23.1 Å². The van der Waals surface area contributed by atoms with Crippen molar-refractivity contribution < 1.29 is 9.84 Å². The largest absolute Gasteiger partial charge is 0.506 e. The SMILES string of the molecule is Cc1cc(C)c(-n2cc3c(=O)[nH]c(C4(C)CCCCO4)nc3n2)c(O)c1. The molecule has 3 heterocycles. The first-order valence-corrected chi connectivity index (χ1v) is 8.82. The van der Waals surface area contributed by atoms with Gasteiger partial charge in [0, 0.05) is 12.8 Å². The Balaban J connectivity index is 1.86. The van der Waals surface area contributed by atoms with Gasteiger partial charge in [-0.3, -0.25) is 4.79 Å². The molecule has 0 saturated carbocycles. The highest BCUT2D eigenvalue weighted by Gasteiger charge is 2.33. The van der Waals surface area contributed by atoms with E-state index in [-0.39, 0.29) is 11.3 Å². The summed E-state index contributed by atoms with van der Waals surface area (Å²) in [7, 11) is 0. The molecule has 136 valence electrons. The van der Waals surface area contributed by atoms with Crippen LogP contribution in [0, 0.1) is 13.8 Å². The maximum Gasteiger partial charge on any atom is 0.262 e. The van der Waals surface area contributed by atoms with Gasteiger partial charge < -0.3 is 14.8 Å². The Morgan fingerprint density at radius 3 is 2.81 bits per heavy atom. The number of rotatable bonds is 2. The number of nitrogens with one attached hydrogen (secondary N) is 1. The van der Waals surface area contributed by atoms with E-state index >= 15 is 0 Å². The van der Waals surface area contributed by atoms with E-state index in [1.165, 1.54) is 4.68 Å². The molecule has 26 heavy (non-hydrogen) atoms. The molecule has 1 fully saturated rings. The van der Waals surface area contributed by atoms with Gasteiger partial charge in [0.05, 0.1) is 0 Å². The molecule has 3 aromatic rings. The minimum atomic E-state index is -0.600. The molecule has 7 nitrogen and oxygen atoms in total. The molecular formula is C19H22N4O3. The Bertz CT molecular complexity index is 1020. The maximum absolute atomic E-state index is 12.6. The molecule has 1 aliphatic heterocycles. The number of phenols is 1. The first-order valence-electron chi connectivity index (χ1n) is 8.82. The summed E-state index contributed by atoms with van der Waals surface area (Å²) in [6.45, 7) is 6.42. The summed E-state index contributed by atoms with van der Waals surface area (Å²) in [5.74, 6) is 0.624. The van der Waals surface area contributed by atoms with Gasteiger partial charge in [0.2, 0.25) is 0 Å². The zero-order valence-electron chi connectivity index (χ0n) is 15.2. The predicted molar refractivity (Wildman–Crippen MR) is 97.8 cm³/mol. The average Bonchev–Trinajstić information content (AvgIpc) is 2.99. The fourth-order valence-corrected chi connectivity index (χ4v) is 3.64. The average molecular weight is 354 g/mol. The maximum atomic E-state index is 12.6. The summed E-state index contributed by atoms with van der Waals surface area (Å²) in [5, 5.41) is 15.2. The molecule has 1 aliphatic rings. The first-order chi connectivity index (χ1) is 12.4. The van der Waals surface area contributed by atoms with Crippen LogP contribution in [0.25, 0.3) is 16.7 Å². The van der Waals surface area contributed by atoms with Gasteiger partial charge in [-0.2, -0.15) is 0 Å². The van der Waals surface area contributed by atoms with Crippen molar-refractivity contribution in [3.05, 3.63) is 45.6 Å². The molecular weight excluding hydrogens is 332 g/mol. The van der Waals surface area contributed by atoms with Crippen LogP contribution < -0.4 is 5.56 Å². The van der Waals surface area contributed by atoms with E-state index < -0.39 is 5.60 Å². The highest BCUT2D eigenvalue weighted by Crippen LogP contribution is 2.33. The van der Waals surface area contributed by atoms with Crippen molar-refractivity contribution in [2.45, 2.75) is 45.6 Å². The number of nitrogens with zero attached hydrogens (tertiary/aromatic N) is 3. The number of aromatic hydroxyl groups is 1. The van der Waals surface area contributed by atoms with E-state index in [0.717, 1.165) is 30.4 Å². The zero-order valence-corrected chi connectivity index (χ0v) is 15.2. The van der Waals surface area contributed by atoms with Crippen LogP contribution >= 0.6 is 0 Å². The Morgan fingerprint density at radius 1 is 1.31 bits per heavy atom. The van der Waals surface area contributed by atoms with Gasteiger partial charge in [0.15, 0.2) is 5.65 Å². The second-order valence-electron chi connectivity index (χ2n) is 7.21. The normalized spacial score (nSPS) is 20.6. The molecule has 4 rings (SSSR count). The summed E-state index contributed by atoms with van der Waals surface area (Å²) in [6, 6.07) is 3.63. The minimum absolute atomic E-state index is 0.120. The van der Waals surface area contributed by atoms with Crippen molar-refractivity contribution in [3.8, 4) is 11.4 Å². The molecule has 1 saturated heterocycles. The topological polar surface area (TPSA) is 93.0 Å². The third-order valence-corrected chi connectivity index (χ3v) is 5.01. The number of phenolic OH excluding ortho intramolecular Hbond substituents is 1. The van der Waals surface area contributed by atoms with Crippen molar-refractivity contribution in [1.82, 2.24) is 19.7 Å². The first kappa shape index (κ1) is 16.8. The lowest BCUT2D eigenvalue weighted by Gasteiger charge is -2.32. The van der Waals surface area contributed by atoms with Crippen LogP contribution in [0.2, 0.25) is 0 Å². The number of hydrogen-bond acceptors (Lipinski definition) is 5. The van der Waals surface area contributed by atoms with Crippen LogP contribution in [0.3, 0.4) is 0 Å². The molecule has 2 aromatic heterocycles. The Hall–Kier alpha value is -2.67. The second kappa shape index (κ2) is 5.95. The van der Waals surface area contributed by atoms with Crippen molar-refractivity contribution in [2.24, 2.45) is 0 Å². The summed E-state index contributed by atoms with van der Waals surface area (Å²) in [4.78, 5) is 20.0. The lowest BCUT2D eigenvalue weighted by atomic mass is 9.95. The summed E-state index contributed by atoms with van der Waals surface area (Å²) < 4.78 is 7.41. The Kier molecular flexibility index (Phi) is 3.84. The number of aromatic amines is 1. The van der Waals surface area contributed by atoms with E-state index in [2.05, 4.69) is 15.1 Å². The molecule has 1 unspecified atom stereocenters. The van der Waals surface area contributed by atoms with Gasteiger partial charge in [0.25, 0.3) is 5.56 Å². The number of hydrogen-bond donors (Lipinski definition) is 2. The number of aromatic nitrogens is 4. The van der Waals surface area contributed by atoms with Gasteiger partial charge in [-0.25, -0.2) is 9.67 Å². The molecule has 0 spiro atoms. The van der Waals surface area contributed by atoms with Crippen molar-refractivity contribution in [2.75, 3.05) is 6.61 Å². The number of H-pyrrole nitrogens is 1.